The summed E-state index contributed by atoms with van der Waals surface area (Å²) >= 11 is 0. The van der Waals surface area contributed by atoms with Crippen molar-refractivity contribution in [2.75, 3.05) is 11.4 Å². The van der Waals surface area contributed by atoms with E-state index < -0.39 is 0 Å². The maximum absolute atomic E-state index is 13.2. The van der Waals surface area contributed by atoms with Crippen LogP contribution in [0.1, 0.15) is 19.4 Å². The Morgan fingerprint density at radius 3 is 2.82 bits per heavy atom. The number of nitrogens with two attached hydrogens (primary N) is 1. The Morgan fingerprint density at radius 1 is 1.47 bits per heavy atom. The molecule has 2 atom stereocenters. The summed E-state index contributed by atoms with van der Waals surface area (Å²) in [5, 5.41) is 0. The van der Waals surface area contributed by atoms with Gasteiger partial charge in [0.05, 0.1) is 5.92 Å². The van der Waals surface area contributed by atoms with E-state index in [1.165, 1.54) is 12.1 Å². The summed E-state index contributed by atoms with van der Waals surface area (Å²) in [5.41, 5.74) is 7.45. The molecule has 2 unspecified atom stereocenters. The maximum atomic E-state index is 13.2. The number of hydrogen-bond donors (Lipinski definition) is 1. The summed E-state index contributed by atoms with van der Waals surface area (Å²) in [6.45, 7) is 4.24. The van der Waals surface area contributed by atoms with Crippen LogP contribution in [-0.2, 0) is 11.2 Å². The lowest BCUT2D eigenvalue weighted by molar-refractivity contribution is -0.122. The fourth-order valence-electron chi connectivity index (χ4n) is 2.05. The summed E-state index contributed by atoms with van der Waals surface area (Å²) < 4.78 is 13.2. The molecule has 0 bridgehead atoms. The predicted octanol–water partition coefficient (Wildman–Crippen LogP) is 1.70. The van der Waals surface area contributed by atoms with Crippen molar-refractivity contribution >= 4 is 11.6 Å². The first-order valence-electron chi connectivity index (χ1n) is 5.86. The average Bonchev–Trinajstić information content (AvgIpc) is 2.69. The first-order chi connectivity index (χ1) is 8.00. The van der Waals surface area contributed by atoms with E-state index >= 15 is 0 Å². The zero-order valence-electron chi connectivity index (χ0n) is 10.1. The van der Waals surface area contributed by atoms with Gasteiger partial charge in [0.25, 0.3) is 0 Å². The van der Waals surface area contributed by atoms with Crippen LogP contribution >= 0.6 is 0 Å². The van der Waals surface area contributed by atoms with Gasteiger partial charge in [-0.05, 0) is 31.0 Å². The first kappa shape index (κ1) is 12.0. The van der Waals surface area contributed by atoms with Gasteiger partial charge in [-0.2, -0.15) is 0 Å². The minimum Gasteiger partial charge on any atom is -0.327 e. The van der Waals surface area contributed by atoms with E-state index in [0.717, 1.165) is 12.0 Å². The average molecular weight is 236 g/mol. The van der Waals surface area contributed by atoms with Gasteiger partial charge in [0.2, 0.25) is 5.91 Å². The van der Waals surface area contributed by atoms with Crippen molar-refractivity contribution in [3.8, 4) is 0 Å². The maximum Gasteiger partial charge on any atom is 0.231 e. The standard InChI is InChI=1S/C13H17FN2O/c1-8(9(2)15)13(17)16-6-5-10-3-4-11(14)7-12(10)16/h3-4,7-9H,5-6,15H2,1-2H3. The Bertz CT molecular complexity index is 445. The SMILES string of the molecule is CC(N)C(C)C(=O)N1CCc2ccc(F)cc21. The predicted molar refractivity (Wildman–Crippen MR) is 65.3 cm³/mol. The number of benzene rings is 1. The van der Waals surface area contributed by atoms with E-state index in [4.69, 9.17) is 5.73 Å². The molecule has 92 valence electrons. The second-order valence-electron chi connectivity index (χ2n) is 4.66. The Labute approximate surface area is 100 Å². The molecule has 1 aliphatic heterocycles. The molecule has 0 fully saturated rings. The molecule has 4 heteroatoms. The van der Waals surface area contributed by atoms with E-state index in [2.05, 4.69) is 0 Å². The van der Waals surface area contributed by atoms with Gasteiger partial charge in [0, 0.05) is 18.3 Å². The lowest BCUT2D eigenvalue weighted by Gasteiger charge is -2.23. The Balaban J connectivity index is 2.27. The normalized spacial score (nSPS) is 17.8. The molecule has 0 aliphatic carbocycles. The summed E-state index contributed by atoms with van der Waals surface area (Å²) in [5.74, 6) is -0.578. The number of hydrogen-bond acceptors (Lipinski definition) is 2. The molecule has 1 aromatic rings. The topological polar surface area (TPSA) is 46.3 Å². The summed E-state index contributed by atoms with van der Waals surface area (Å²) in [6, 6.07) is 4.41. The fourth-order valence-corrected chi connectivity index (χ4v) is 2.05. The monoisotopic (exact) mass is 236 g/mol. The third-order valence-corrected chi connectivity index (χ3v) is 3.39. The van der Waals surface area contributed by atoms with Crippen molar-refractivity contribution < 1.29 is 9.18 Å². The lowest BCUT2D eigenvalue weighted by atomic mass is 10.0. The zero-order valence-corrected chi connectivity index (χ0v) is 10.1. The number of nitrogens with zero attached hydrogens (tertiary/aromatic N) is 1. The van der Waals surface area contributed by atoms with Gasteiger partial charge in [-0.25, -0.2) is 4.39 Å². The van der Waals surface area contributed by atoms with Crippen LogP contribution in [0.2, 0.25) is 0 Å². The van der Waals surface area contributed by atoms with Crippen molar-refractivity contribution in [3.05, 3.63) is 29.6 Å². The van der Waals surface area contributed by atoms with Crippen LogP contribution in [0.15, 0.2) is 18.2 Å². The number of carbonyl (C=O) groups is 1. The highest BCUT2D eigenvalue weighted by Gasteiger charge is 2.29. The van der Waals surface area contributed by atoms with Gasteiger partial charge < -0.3 is 10.6 Å². The van der Waals surface area contributed by atoms with Crippen LogP contribution in [-0.4, -0.2) is 18.5 Å². The molecule has 0 saturated heterocycles. The molecule has 0 aromatic heterocycles. The highest BCUT2D eigenvalue weighted by atomic mass is 19.1. The molecule has 17 heavy (non-hydrogen) atoms. The van der Waals surface area contributed by atoms with Crippen molar-refractivity contribution in [1.29, 1.82) is 0 Å². The van der Waals surface area contributed by atoms with Crippen LogP contribution in [0.3, 0.4) is 0 Å². The van der Waals surface area contributed by atoms with E-state index in [1.54, 1.807) is 11.0 Å². The van der Waals surface area contributed by atoms with Gasteiger partial charge in [-0.1, -0.05) is 13.0 Å². The number of halogens is 1. The molecule has 0 radical (unpaired) electrons. The molecule has 1 amide bonds. The number of rotatable bonds is 2. The minimum absolute atomic E-state index is 0.0237. The van der Waals surface area contributed by atoms with E-state index in [9.17, 15) is 9.18 Å². The quantitative estimate of drug-likeness (QED) is 0.849. The van der Waals surface area contributed by atoms with E-state index in [1.807, 2.05) is 13.8 Å². The van der Waals surface area contributed by atoms with Crippen LogP contribution in [0.4, 0.5) is 10.1 Å². The van der Waals surface area contributed by atoms with Crippen molar-refractivity contribution in [2.45, 2.75) is 26.3 Å². The van der Waals surface area contributed by atoms with Crippen molar-refractivity contribution in [2.24, 2.45) is 11.7 Å². The van der Waals surface area contributed by atoms with Crippen LogP contribution < -0.4 is 10.6 Å². The zero-order chi connectivity index (χ0) is 12.6. The number of anilines is 1. The fraction of sp³-hybridized carbons (Fsp3) is 0.462. The van der Waals surface area contributed by atoms with Crippen LogP contribution in [0.25, 0.3) is 0 Å². The van der Waals surface area contributed by atoms with Crippen LogP contribution in [0.5, 0.6) is 0 Å². The molecule has 0 saturated carbocycles. The Kier molecular flexibility index (Phi) is 3.15. The van der Waals surface area contributed by atoms with Crippen molar-refractivity contribution in [1.82, 2.24) is 0 Å². The molecule has 0 spiro atoms. The first-order valence-corrected chi connectivity index (χ1v) is 5.86. The highest BCUT2D eigenvalue weighted by molar-refractivity contribution is 5.97. The summed E-state index contributed by atoms with van der Waals surface area (Å²) in [6.07, 6.45) is 0.785. The third kappa shape index (κ3) is 2.17. The van der Waals surface area contributed by atoms with Gasteiger partial charge in [-0.15, -0.1) is 0 Å². The Hall–Kier alpha value is -1.42. The van der Waals surface area contributed by atoms with Gasteiger partial charge in [0.15, 0.2) is 0 Å². The molecule has 1 aliphatic rings. The summed E-state index contributed by atoms with van der Waals surface area (Å²) in [7, 11) is 0. The van der Waals surface area contributed by atoms with E-state index in [0.29, 0.717) is 12.2 Å². The Morgan fingerprint density at radius 2 is 2.18 bits per heavy atom. The second kappa shape index (κ2) is 4.45. The van der Waals surface area contributed by atoms with Crippen LogP contribution in [0, 0.1) is 11.7 Å². The molecular formula is C13H17FN2O. The van der Waals surface area contributed by atoms with Crippen molar-refractivity contribution in [3.63, 3.8) is 0 Å². The second-order valence-corrected chi connectivity index (χ2v) is 4.66. The lowest BCUT2D eigenvalue weighted by Crippen LogP contribution is -2.41. The molecule has 3 nitrogen and oxygen atoms in total. The highest BCUT2D eigenvalue weighted by Crippen LogP contribution is 2.30. The van der Waals surface area contributed by atoms with Gasteiger partial charge in [-0.3, -0.25) is 4.79 Å². The van der Waals surface area contributed by atoms with E-state index in [-0.39, 0.29) is 23.7 Å². The minimum atomic E-state index is -0.308. The molecule has 1 heterocycles. The summed E-state index contributed by atoms with van der Waals surface area (Å²) in [4.78, 5) is 13.8. The molecular weight excluding hydrogens is 219 g/mol. The number of amides is 1. The molecule has 1 aromatic carbocycles. The number of fused-ring (bicyclic) bond motifs is 1. The molecule has 2 N–H and O–H groups in total. The number of carbonyl (C=O) groups excluding carboxylic acids is 1. The van der Waals surface area contributed by atoms with Gasteiger partial charge >= 0.3 is 0 Å². The van der Waals surface area contributed by atoms with Gasteiger partial charge in [0.1, 0.15) is 5.82 Å². The third-order valence-electron chi connectivity index (χ3n) is 3.39. The molecule has 2 rings (SSSR count). The smallest absolute Gasteiger partial charge is 0.231 e. The largest absolute Gasteiger partial charge is 0.327 e.